The van der Waals surface area contributed by atoms with E-state index in [-0.39, 0.29) is 0 Å². The Bertz CT molecular complexity index is 352. The second-order valence-corrected chi connectivity index (χ2v) is 5.54. The maximum absolute atomic E-state index is 11.9. The zero-order chi connectivity index (χ0) is 9.54. The molecule has 0 unspecified atom stereocenters. The highest BCUT2D eigenvalue weighted by molar-refractivity contribution is 7.14. The van der Waals surface area contributed by atoms with Gasteiger partial charge >= 0.3 is 0 Å². The standard InChI is InChI=1S/C12H14OS/c13-12(8-3-1-4-8)11-7-9-5-2-6-10(9)14-11/h7-8H,1-6H2. The van der Waals surface area contributed by atoms with Crippen molar-refractivity contribution in [3.8, 4) is 0 Å². The molecule has 14 heavy (non-hydrogen) atoms. The molecule has 0 radical (unpaired) electrons. The van der Waals surface area contributed by atoms with Crippen molar-refractivity contribution in [3.05, 3.63) is 21.4 Å². The predicted molar refractivity (Wildman–Crippen MR) is 58.0 cm³/mol. The van der Waals surface area contributed by atoms with Gasteiger partial charge in [0.05, 0.1) is 4.88 Å². The first-order chi connectivity index (χ1) is 6.84. The second kappa shape index (κ2) is 3.20. The van der Waals surface area contributed by atoms with E-state index in [0.717, 1.165) is 17.7 Å². The van der Waals surface area contributed by atoms with Crippen LogP contribution in [0.5, 0.6) is 0 Å². The van der Waals surface area contributed by atoms with Gasteiger partial charge in [-0.3, -0.25) is 4.79 Å². The summed E-state index contributed by atoms with van der Waals surface area (Å²) in [4.78, 5) is 14.5. The van der Waals surface area contributed by atoms with Crippen LogP contribution in [0, 0.1) is 5.92 Å². The van der Waals surface area contributed by atoms with Crippen LogP contribution < -0.4 is 0 Å². The van der Waals surface area contributed by atoms with Crippen LogP contribution in [0.2, 0.25) is 0 Å². The summed E-state index contributed by atoms with van der Waals surface area (Å²) in [6.07, 6.45) is 7.20. The molecule has 74 valence electrons. The van der Waals surface area contributed by atoms with Crippen molar-refractivity contribution in [1.82, 2.24) is 0 Å². The van der Waals surface area contributed by atoms with Gasteiger partial charge in [-0.05, 0) is 43.7 Å². The molecule has 0 N–H and O–H groups in total. The first-order valence-electron chi connectivity index (χ1n) is 5.50. The molecule has 1 heterocycles. The molecule has 0 aliphatic heterocycles. The molecule has 2 aliphatic carbocycles. The Hall–Kier alpha value is -0.630. The van der Waals surface area contributed by atoms with Gasteiger partial charge in [0.1, 0.15) is 0 Å². The fourth-order valence-electron chi connectivity index (χ4n) is 2.32. The summed E-state index contributed by atoms with van der Waals surface area (Å²) in [5.41, 5.74) is 1.46. The zero-order valence-corrected chi connectivity index (χ0v) is 9.03. The summed E-state index contributed by atoms with van der Waals surface area (Å²) < 4.78 is 0. The van der Waals surface area contributed by atoms with Gasteiger partial charge in [-0.25, -0.2) is 0 Å². The van der Waals surface area contributed by atoms with Gasteiger partial charge in [0.2, 0.25) is 0 Å². The van der Waals surface area contributed by atoms with Crippen molar-refractivity contribution < 1.29 is 4.79 Å². The average molecular weight is 206 g/mol. The highest BCUT2D eigenvalue weighted by atomic mass is 32.1. The lowest BCUT2D eigenvalue weighted by Crippen LogP contribution is -2.21. The number of hydrogen-bond donors (Lipinski definition) is 0. The van der Waals surface area contributed by atoms with Gasteiger partial charge in [-0.2, -0.15) is 0 Å². The van der Waals surface area contributed by atoms with E-state index in [1.807, 2.05) is 0 Å². The van der Waals surface area contributed by atoms with E-state index in [1.54, 1.807) is 11.3 Å². The van der Waals surface area contributed by atoms with Gasteiger partial charge in [0, 0.05) is 10.8 Å². The molecule has 0 amide bonds. The van der Waals surface area contributed by atoms with Crippen molar-refractivity contribution in [2.24, 2.45) is 5.92 Å². The minimum Gasteiger partial charge on any atom is -0.293 e. The molecule has 0 atom stereocenters. The van der Waals surface area contributed by atoms with Crippen LogP contribution >= 0.6 is 11.3 Å². The van der Waals surface area contributed by atoms with Crippen molar-refractivity contribution >= 4 is 17.1 Å². The summed E-state index contributed by atoms with van der Waals surface area (Å²) in [7, 11) is 0. The van der Waals surface area contributed by atoms with Gasteiger partial charge < -0.3 is 0 Å². The first-order valence-corrected chi connectivity index (χ1v) is 6.32. The van der Waals surface area contributed by atoms with Gasteiger partial charge in [0.15, 0.2) is 5.78 Å². The van der Waals surface area contributed by atoms with Gasteiger partial charge in [-0.15, -0.1) is 11.3 Å². The molecule has 0 aromatic carbocycles. The molecule has 2 heteroatoms. The Morgan fingerprint density at radius 1 is 1.29 bits per heavy atom. The molecular weight excluding hydrogens is 192 g/mol. The fourth-order valence-corrected chi connectivity index (χ4v) is 3.59. The van der Waals surface area contributed by atoms with E-state index < -0.39 is 0 Å². The lowest BCUT2D eigenvalue weighted by Gasteiger charge is -2.22. The first kappa shape index (κ1) is 8.66. The molecular formula is C12H14OS. The number of fused-ring (bicyclic) bond motifs is 1. The monoisotopic (exact) mass is 206 g/mol. The zero-order valence-electron chi connectivity index (χ0n) is 8.21. The molecule has 0 spiro atoms. The van der Waals surface area contributed by atoms with E-state index in [2.05, 4.69) is 6.07 Å². The predicted octanol–water partition coefficient (Wildman–Crippen LogP) is 3.22. The fraction of sp³-hybridized carbons (Fsp3) is 0.583. The van der Waals surface area contributed by atoms with Crippen molar-refractivity contribution in [3.63, 3.8) is 0 Å². The topological polar surface area (TPSA) is 17.1 Å². The van der Waals surface area contributed by atoms with Crippen LogP contribution in [0.4, 0.5) is 0 Å². The number of carbonyl (C=O) groups is 1. The van der Waals surface area contributed by atoms with E-state index in [4.69, 9.17) is 0 Å². The molecule has 0 bridgehead atoms. The third-order valence-corrected chi connectivity index (χ3v) is 4.72. The number of carbonyl (C=O) groups excluding carboxylic acids is 1. The largest absolute Gasteiger partial charge is 0.293 e. The number of ketones is 1. The summed E-state index contributed by atoms with van der Waals surface area (Å²) in [6, 6.07) is 2.16. The molecule has 3 rings (SSSR count). The Kier molecular flexibility index (Phi) is 1.98. The quantitative estimate of drug-likeness (QED) is 0.679. The summed E-state index contributed by atoms with van der Waals surface area (Å²) >= 11 is 1.76. The molecule has 2 aliphatic rings. The van der Waals surface area contributed by atoms with Crippen molar-refractivity contribution in [1.29, 1.82) is 0 Å². The highest BCUT2D eigenvalue weighted by Gasteiger charge is 2.28. The Morgan fingerprint density at radius 3 is 2.79 bits per heavy atom. The molecule has 1 aromatic rings. The van der Waals surface area contributed by atoms with Crippen molar-refractivity contribution in [2.45, 2.75) is 38.5 Å². The van der Waals surface area contributed by atoms with E-state index in [0.29, 0.717) is 11.7 Å². The number of thiophene rings is 1. The van der Waals surface area contributed by atoms with Crippen LogP contribution in [-0.2, 0) is 12.8 Å². The number of Topliss-reactive ketones (excluding diaryl/α,β-unsaturated/α-hetero) is 1. The second-order valence-electron chi connectivity index (χ2n) is 4.40. The maximum Gasteiger partial charge on any atom is 0.175 e. The highest BCUT2D eigenvalue weighted by Crippen LogP contribution is 2.35. The number of aryl methyl sites for hydroxylation is 2. The lowest BCUT2D eigenvalue weighted by molar-refractivity contribution is 0.0859. The minimum atomic E-state index is 0.369. The van der Waals surface area contributed by atoms with E-state index in [1.165, 1.54) is 36.1 Å². The van der Waals surface area contributed by atoms with Crippen molar-refractivity contribution in [2.75, 3.05) is 0 Å². The molecule has 1 saturated carbocycles. The van der Waals surface area contributed by atoms with Crippen LogP contribution in [0.25, 0.3) is 0 Å². The van der Waals surface area contributed by atoms with Crippen LogP contribution in [0.3, 0.4) is 0 Å². The Balaban J connectivity index is 1.85. The van der Waals surface area contributed by atoms with E-state index in [9.17, 15) is 4.79 Å². The van der Waals surface area contributed by atoms with Crippen LogP contribution in [-0.4, -0.2) is 5.78 Å². The molecule has 1 aromatic heterocycles. The summed E-state index contributed by atoms with van der Waals surface area (Å²) in [6.45, 7) is 0. The van der Waals surface area contributed by atoms with Crippen LogP contribution in [0.1, 0.15) is 45.8 Å². The van der Waals surface area contributed by atoms with Gasteiger partial charge in [0.25, 0.3) is 0 Å². The number of rotatable bonds is 2. The van der Waals surface area contributed by atoms with E-state index >= 15 is 0 Å². The number of hydrogen-bond acceptors (Lipinski definition) is 2. The molecule has 0 saturated heterocycles. The normalized spacial score (nSPS) is 20.6. The minimum absolute atomic E-state index is 0.369. The Morgan fingerprint density at radius 2 is 2.14 bits per heavy atom. The van der Waals surface area contributed by atoms with Gasteiger partial charge in [-0.1, -0.05) is 6.42 Å². The molecule has 1 fully saturated rings. The SMILES string of the molecule is O=C(c1cc2c(s1)CCC2)C1CCC1. The Labute approximate surface area is 88.1 Å². The average Bonchev–Trinajstić information content (AvgIpc) is 2.56. The lowest BCUT2D eigenvalue weighted by atomic mass is 9.81. The summed E-state index contributed by atoms with van der Waals surface area (Å²) in [5, 5.41) is 0. The third-order valence-electron chi connectivity index (χ3n) is 3.47. The maximum atomic E-state index is 11.9. The van der Waals surface area contributed by atoms with Crippen LogP contribution in [0.15, 0.2) is 6.07 Å². The smallest absolute Gasteiger partial charge is 0.175 e. The third kappa shape index (κ3) is 1.24. The molecule has 1 nitrogen and oxygen atoms in total. The summed E-state index contributed by atoms with van der Waals surface area (Å²) in [5.74, 6) is 0.796.